The van der Waals surface area contributed by atoms with Crippen molar-refractivity contribution in [1.82, 2.24) is 5.32 Å². The Morgan fingerprint density at radius 1 is 1.13 bits per heavy atom. The van der Waals surface area contributed by atoms with Crippen LogP contribution >= 0.6 is 0 Å². The van der Waals surface area contributed by atoms with Crippen molar-refractivity contribution in [3.63, 3.8) is 0 Å². The maximum atomic E-state index is 11.1. The third-order valence-electron chi connectivity index (χ3n) is 1.66. The van der Waals surface area contributed by atoms with Crippen molar-refractivity contribution in [2.24, 2.45) is 0 Å². The van der Waals surface area contributed by atoms with E-state index in [0.717, 1.165) is 0 Å². The molecule has 0 heterocycles. The minimum Gasteiger partial charge on any atom is -0.466 e. The highest BCUT2D eigenvalue weighted by Crippen LogP contribution is 1.90. The molecule has 0 bridgehead atoms. The van der Waals surface area contributed by atoms with Gasteiger partial charge in [0.05, 0.1) is 13.0 Å². The molecular formula is C10H17NO4. The standard InChI is InChI=1S/C10H17NO4/c1-3-15-10(14)6-7-11-9(13)5-4-8(2)12/h3-7H2,1-2H3,(H,11,13). The Hall–Kier alpha value is -1.39. The molecule has 86 valence electrons. The molecule has 1 N–H and O–H groups in total. The Morgan fingerprint density at radius 3 is 2.33 bits per heavy atom. The van der Waals surface area contributed by atoms with Crippen molar-refractivity contribution in [2.75, 3.05) is 13.2 Å². The predicted octanol–water partition coefficient (Wildman–Crippen LogP) is 0.425. The summed E-state index contributed by atoms with van der Waals surface area (Å²) in [7, 11) is 0. The van der Waals surface area contributed by atoms with Gasteiger partial charge in [-0.2, -0.15) is 0 Å². The second kappa shape index (κ2) is 7.96. The van der Waals surface area contributed by atoms with Gasteiger partial charge in [0.2, 0.25) is 5.91 Å². The summed E-state index contributed by atoms with van der Waals surface area (Å²) in [5.74, 6) is -0.561. The molecule has 0 aliphatic rings. The largest absolute Gasteiger partial charge is 0.466 e. The second-order valence-electron chi connectivity index (χ2n) is 3.11. The summed E-state index contributed by atoms with van der Waals surface area (Å²) in [6, 6.07) is 0. The number of amides is 1. The minimum atomic E-state index is -0.329. The molecule has 5 heteroatoms. The summed E-state index contributed by atoms with van der Waals surface area (Å²) >= 11 is 0. The van der Waals surface area contributed by atoms with Gasteiger partial charge in [-0.1, -0.05) is 0 Å². The molecule has 5 nitrogen and oxygen atoms in total. The Morgan fingerprint density at radius 2 is 1.80 bits per heavy atom. The Bertz CT molecular complexity index is 238. The molecule has 0 rings (SSSR count). The van der Waals surface area contributed by atoms with E-state index in [-0.39, 0.29) is 43.5 Å². The van der Waals surface area contributed by atoms with E-state index in [2.05, 4.69) is 10.1 Å². The summed E-state index contributed by atoms with van der Waals surface area (Å²) in [6.45, 7) is 3.77. The topological polar surface area (TPSA) is 72.5 Å². The summed E-state index contributed by atoms with van der Waals surface area (Å²) in [4.78, 5) is 32.5. The second-order valence-corrected chi connectivity index (χ2v) is 3.11. The number of nitrogens with one attached hydrogen (secondary N) is 1. The maximum absolute atomic E-state index is 11.1. The molecule has 0 saturated carbocycles. The SMILES string of the molecule is CCOC(=O)CCNC(=O)CCC(C)=O. The van der Waals surface area contributed by atoms with Gasteiger partial charge < -0.3 is 14.8 Å². The van der Waals surface area contributed by atoms with Crippen LogP contribution in [0.15, 0.2) is 0 Å². The van der Waals surface area contributed by atoms with E-state index >= 15 is 0 Å². The van der Waals surface area contributed by atoms with Crippen molar-refractivity contribution in [3.8, 4) is 0 Å². The molecular weight excluding hydrogens is 198 g/mol. The highest BCUT2D eigenvalue weighted by atomic mass is 16.5. The van der Waals surface area contributed by atoms with E-state index in [1.165, 1.54) is 6.92 Å². The van der Waals surface area contributed by atoms with Gasteiger partial charge in [0.1, 0.15) is 5.78 Å². The molecule has 0 radical (unpaired) electrons. The molecule has 1 amide bonds. The highest BCUT2D eigenvalue weighted by molar-refractivity contribution is 5.83. The van der Waals surface area contributed by atoms with Crippen LogP contribution in [-0.2, 0) is 19.1 Å². The molecule has 0 aromatic heterocycles. The van der Waals surface area contributed by atoms with E-state index in [0.29, 0.717) is 6.61 Å². The summed E-state index contributed by atoms with van der Waals surface area (Å²) in [5, 5.41) is 2.54. The van der Waals surface area contributed by atoms with Crippen LogP contribution in [0, 0.1) is 0 Å². The Kier molecular flexibility index (Phi) is 7.23. The number of carbonyl (C=O) groups excluding carboxylic acids is 3. The van der Waals surface area contributed by atoms with Crippen LogP contribution < -0.4 is 5.32 Å². The van der Waals surface area contributed by atoms with Gasteiger partial charge in [0, 0.05) is 19.4 Å². The van der Waals surface area contributed by atoms with E-state index in [1.54, 1.807) is 6.92 Å². The first kappa shape index (κ1) is 13.6. The number of rotatable bonds is 7. The van der Waals surface area contributed by atoms with Crippen molar-refractivity contribution >= 4 is 17.7 Å². The summed E-state index contributed by atoms with van der Waals surface area (Å²) in [5.41, 5.74) is 0. The lowest BCUT2D eigenvalue weighted by atomic mass is 10.2. The summed E-state index contributed by atoms with van der Waals surface area (Å²) < 4.78 is 4.68. The molecule has 0 spiro atoms. The average molecular weight is 215 g/mol. The van der Waals surface area contributed by atoms with E-state index in [9.17, 15) is 14.4 Å². The molecule has 0 aliphatic heterocycles. The molecule has 0 aromatic rings. The number of ether oxygens (including phenoxy) is 1. The minimum absolute atomic E-state index is 0.0180. The van der Waals surface area contributed by atoms with Crippen LogP contribution in [-0.4, -0.2) is 30.8 Å². The van der Waals surface area contributed by atoms with Crippen LogP contribution in [0.5, 0.6) is 0 Å². The van der Waals surface area contributed by atoms with Crippen molar-refractivity contribution in [1.29, 1.82) is 0 Å². The number of Topliss-reactive ketones (excluding diaryl/α,β-unsaturated/α-hetero) is 1. The lowest BCUT2D eigenvalue weighted by Gasteiger charge is -2.04. The highest BCUT2D eigenvalue weighted by Gasteiger charge is 2.05. The molecule has 0 saturated heterocycles. The normalized spacial score (nSPS) is 9.47. The van der Waals surface area contributed by atoms with Gasteiger partial charge in [0.25, 0.3) is 0 Å². The molecule has 0 atom stereocenters. The lowest BCUT2D eigenvalue weighted by Crippen LogP contribution is -2.26. The van der Waals surface area contributed by atoms with Crippen LogP contribution in [0.25, 0.3) is 0 Å². The van der Waals surface area contributed by atoms with Crippen molar-refractivity contribution < 1.29 is 19.1 Å². The zero-order valence-corrected chi connectivity index (χ0v) is 9.17. The third-order valence-corrected chi connectivity index (χ3v) is 1.66. The quantitative estimate of drug-likeness (QED) is 0.625. The van der Waals surface area contributed by atoms with Gasteiger partial charge in [-0.3, -0.25) is 9.59 Å². The number of esters is 1. The van der Waals surface area contributed by atoms with Gasteiger partial charge in [-0.15, -0.1) is 0 Å². The fraction of sp³-hybridized carbons (Fsp3) is 0.700. The number of hydrogen-bond acceptors (Lipinski definition) is 4. The number of hydrogen-bond donors (Lipinski definition) is 1. The first-order valence-corrected chi connectivity index (χ1v) is 4.98. The van der Waals surface area contributed by atoms with Gasteiger partial charge in [-0.25, -0.2) is 0 Å². The Labute approximate surface area is 89.2 Å². The lowest BCUT2D eigenvalue weighted by molar-refractivity contribution is -0.143. The van der Waals surface area contributed by atoms with Crippen LogP contribution in [0.1, 0.15) is 33.1 Å². The van der Waals surface area contributed by atoms with E-state index in [1.807, 2.05) is 0 Å². The zero-order valence-electron chi connectivity index (χ0n) is 9.17. The average Bonchev–Trinajstić information content (AvgIpc) is 2.15. The monoisotopic (exact) mass is 215 g/mol. The fourth-order valence-corrected chi connectivity index (χ4v) is 0.915. The molecule has 0 aliphatic carbocycles. The first-order valence-electron chi connectivity index (χ1n) is 4.98. The van der Waals surface area contributed by atoms with Gasteiger partial charge >= 0.3 is 5.97 Å². The van der Waals surface area contributed by atoms with Crippen LogP contribution in [0.4, 0.5) is 0 Å². The van der Waals surface area contributed by atoms with E-state index in [4.69, 9.17) is 0 Å². The molecule has 0 unspecified atom stereocenters. The van der Waals surface area contributed by atoms with Crippen molar-refractivity contribution in [2.45, 2.75) is 33.1 Å². The number of ketones is 1. The Balaban J connectivity index is 3.46. The number of carbonyl (C=O) groups is 3. The molecule has 0 aromatic carbocycles. The van der Waals surface area contributed by atoms with Gasteiger partial charge in [-0.05, 0) is 13.8 Å². The van der Waals surface area contributed by atoms with Gasteiger partial charge in [0.15, 0.2) is 0 Å². The van der Waals surface area contributed by atoms with Crippen molar-refractivity contribution in [3.05, 3.63) is 0 Å². The smallest absolute Gasteiger partial charge is 0.307 e. The zero-order chi connectivity index (χ0) is 11.7. The maximum Gasteiger partial charge on any atom is 0.307 e. The third kappa shape index (κ3) is 8.93. The summed E-state index contributed by atoms with van der Waals surface area (Å²) in [6.07, 6.45) is 0.586. The van der Waals surface area contributed by atoms with E-state index < -0.39 is 0 Å². The fourth-order valence-electron chi connectivity index (χ4n) is 0.915. The molecule has 0 fully saturated rings. The van der Waals surface area contributed by atoms with Crippen LogP contribution in [0.2, 0.25) is 0 Å². The van der Waals surface area contributed by atoms with Crippen LogP contribution in [0.3, 0.4) is 0 Å². The predicted molar refractivity (Wildman–Crippen MR) is 54.2 cm³/mol. The molecule has 15 heavy (non-hydrogen) atoms. The first-order chi connectivity index (χ1) is 7.06.